The second-order valence-electron chi connectivity index (χ2n) is 4.81. The van der Waals surface area contributed by atoms with Crippen LogP contribution in [-0.4, -0.2) is 13.5 Å². The molecule has 1 unspecified atom stereocenters. The molecule has 0 saturated heterocycles. The summed E-state index contributed by atoms with van der Waals surface area (Å²) in [6, 6.07) is 3.65. The third kappa shape index (κ3) is 3.73. The first kappa shape index (κ1) is 16.6. The van der Waals surface area contributed by atoms with Crippen LogP contribution in [0, 0.1) is 6.92 Å². The number of rotatable bonds is 7. The first-order valence-corrected chi connectivity index (χ1v) is 9.97. The van der Waals surface area contributed by atoms with Gasteiger partial charge in [-0.15, -0.1) is 22.7 Å². The molecule has 0 amide bonds. The highest BCUT2D eigenvalue weighted by atomic mass is 32.2. The van der Waals surface area contributed by atoms with Crippen LogP contribution < -0.4 is 4.72 Å². The fourth-order valence-electron chi connectivity index (χ4n) is 2.24. The molecule has 2 N–H and O–H groups in total. The SMILES string of the molecule is CCCC(NS(=O)(=O)c1c(C)csc1CO)c1cccs1. The van der Waals surface area contributed by atoms with E-state index in [2.05, 4.69) is 4.72 Å². The highest BCUT2D eigenvalue weighted by Gasteiger charge is 2.26. The van der Waals surface area contributed by atoms with Gasteiger partial charge in [-0.05, 0) is 35.7 Å². The summed E-state index contributed by atoms with van der Waals surface area (Å²) in [6.07, 6.45) is 1.64. The summed E-state index contributed by atoms with van der Waals surface area (Å²) in [6.45, 7) is 3.53. The topological polar surface area (TPSA) is 66.4 Å². The number of thiophene rings is 2. The van der Waals surface area contributed by atoms with E-state index >= 15 is 0 Å². The number of aliphatic hydroxyl groups is 1. The fraction of sp³-hybridized carbons (Fsp3) is 0.429. The molecular weight excluding hydrogens is 326 g/mol. The smallest absolute Gasteiger partial charge is 0.242 e. The maximum absolute atomic E-state index is 12.7. The summed E-state index contributed by atoms with van der Waals surface area (Å²) < 4.78 is 28.1. The van der Waals surface area contributed by atoms with E-state index in [1.165, 1.54) is 11.3 Å². The zero-order valence-corrected chi connectivity index (χ0v) is 14.4. The van der Waals surface area contributed by atoms with Gasteiger partial charge in [-0.2, -0.15) is 0 Å². The van der Waals surface area contributed by atoms with Gasteiger partial charge in [0.15, 0.2) is 0 Å². The second kappa shape index (κ2) is 7.02. The predicted molar refractivity (Wildman–Crippen MR) is 87.3 cm³/mol. The monoisotopic (exact) mass is 345 g/mol. The minimum atomic E-state index is -3.63. The van der Waals surface area contributed by atoms with E-state index in [4.69, 9.17) is 0 Å². The average Bonchev–Trinajstić information content (AvgIpc) is 3.06. The Morgan fingerprint density at radius 1 is 1.38 bits per heavy atom. The number of aryl methyl sites for hydroxylation is 1. The number of sulfonamides is 1. The van der Waals surface area contributed by atoms with Gasteiger partial charge in [-0.1, -0.05) is 19.4 Å². The lowest BCUT2D eigenvalue weighted by atomic mass is 10.1. The maximum Gasteiger partial charge on any atom is 0.242 e. The van der Waals surface area contributed by atoms with Gasteiger partial charge in [0.25, 0.3) is 0 Å². The molecule has 2 aromatic rings. The van der Waals surface area contributed by atoms with Gasteiger partial charge < -0.3 is 5.11 Å². The lowest BCUT2D eigenvalue weighted by molar-refractivity contribution is 0.282. The third-order valence-corrected chi connectivity index (χ3v) is 7.07. The lowest BCUT2D eigenvalue weighted by Gasteiger charge is -2.17. The number of hydrogen-bond acceptors (Lipinski definition) is 5. The largest absolute Gasteiger partial charge is 0.391 e. The molecule has 0 radical (unpaired) electrons. The molecule has 7 heteroatoms. The number of hydrogen-bond donors (Lipinski definition) is 2. The van der Waals surface area contributed by atoms with Crippen molar-refractivity contribution in [3.8, 4) is 0 Å². The van der Waals surface area contributed by atoms with Crippen LogP contribution in [0.2, 0.25) is 0 Å². The molecule has 0 aliphatic heterocycles. The molecule has 2 heterocycles. The van der Waals surface area contributed by atoms with Crippen molar-refractivity contribution in [2.24, 2.45) is 0 Å². The van der Waals surface area contributed by atoms with Crippen LogP contribution in [0.5, 0.6) is 0 Å². The van der Waals surface area contributed by atoms with Crippen LogP contribution in [0.15, 0.2) is 27.8 Å². The van der Waals surface area contributed by atoms with Crippen molar-refractivity contribution in [1.29, 1.82) is 0 Å². The predicted octanol–water partition coefficient (Wildman–Crippen LogP) is 3.43. The van der Waals surface area contributed by atoms with Gasteiger partial charge in [0.1, 0.15) is 4.90 Å². The molecule has 0 aliphatic rings. The Labute approximate surface area is 133 Å². The highest BCUT2D eigenvalue weighted by molar-refractivity contribution is 7.89. The Kier molecular flexibility index (Phi) is 5.56. The summed E-state index contributed by atoms with van der Waals surface area (Å²) in [7, 11) is -3.63. The standard InChI is InChI=1S/C14H19NO3S3/c1-3-5-11(12-6-4-7-19-12)15-21(17,18)14-10(2)9-20-13(14)8-16/h4,6-7,9,11,15-16H,3,5,8H2,1-2H3. The van der Waals surface area contributed by atoms with Gasteiger partial charge in [0.2, 0.25) is 10.0 Å². The average molecular weight is 346 g/mol. The second-order valence-corrected chi connectivity index (χ2v) is 8.40. The molecule has 2 aromatic heterocycles. The van der Waals surface area contributed by atoms with E-state index in [1.54, 1.807) is 23.6 Å². The molecule has 1 atom stereocenters. The summed E-state index contributed by atoms with van der Waals surface area (Å²) in [5.41, 5.74) is 0.679. The van der Waals surface area contributed by atoms with E-state index in [-0.39, 0.29) is 17.5 Å². The molecule has 21 heavy (non-hydrogen) atoms. The van der Waals surface area contributed by atoms with Gasteiger partial charge in [-0.25, -0.2) is 13.1 Å². The van der Waals surface area contributed by atoms with Crippen LogP contribution >= 0.6 is 22.7 Å². The van der Waals surface area contributed by atoms with E-state index in [0.29, 0.717) is 10.4 Å². The molecule has 0 bridgehead atoms. The Hall–Kier alpha value is -0.730. The van der Waals surface area contributed by atoms with Gasteiger partial charge in [0.05, 0.1) is 17.5 Å². The first-order chi connectivity index (χ1) is 9.99. The minimum Gasteiger partial charge on any atom is -0.391 e. The molecule has 4 nitrogen and oxygen atoms in total. The molecular formula is C14H19NO3S3. The molecule has 0 fully saturated rings. The Balaban J connectivity index is 2.33. The van der Waals surface area contributed by atoms with Crippen molar-refractivity contribution in [2.75, 3.05) is 0 Å². The van der Waals surface area contributed by atoms with Gasteiger partial charge in [0, 0.05) is 4.88 Å². The number of nitrogens with one attached hydrogen (secondary N) is 1. The van der Waals surface area contributed by atoms with Crippen molar-refractivity contribution >= 4 is 32.7 Å². The Morgan fingerprint density at radius 2 is 2.14 bits per heavy atom. The summed E-state index contributed by atoms with van der Waals surface area (Å²) in [5.74, 6) is 0. The normalized spacial score (nSPS) is 13.5. The van der Waals surface area contributed by atoms with Crippen molar-refractivity contribution < 1.29 is 13.5 Å². The first-order valence-electron chi connectivity index (χ1n) is 6.73. The van der Waals surface area contributed by atoms with Crippen molar-refractivity contribution in [3.63, 3.8) is 0 Å². The van der Waals surface area contributed by atoms with Crippen LogP contribution in [0.25, 0.3) is 0 Å². The zero-order valence-electron chi connectivity index (χ0n) is 12.0. The summed E-state index contributed by atoms with van der Waals surface area (Å²) in [4.78, 5) is 1.73. The Morgan fingerprint density at radius 3 is 2.71 bits per heavy atom. The highest BCUT2D eigenvalue weighted by Crippen LogP contribution is 2.30. The van der Waals surface area contributed by atoms with Crippen molar-refractivity contribution in [2.45, 2.75) is 44.2 Å². The van der Waals surface area contributed by atoms with Crippen LogP contribution in [0.1, 0.15) is 41.1 Å². The van der Waals surface area contributed by atoms with Crippen LogP contribution in [-0.2, 0) is 16.6 Å². The molecule has 2 rings (SSSR count). The van der Waals surface area contributed by atoms with E-state index < -0.39 is 10.0 Å². The molecule has 0 saturated carbocycles. The van der Waals surface area contributed by atoms with Gasteiger partial charge in [-0.3, -0.25) is 0 Å². The Bertz CT molecular complexity index is 674. The van der Waals surface area contributed by atoms with Crippen LogP contribution in [0.4, 0.5) is 0 Å². The van der Waals surface area contributed by atoms with E-state index in [1.807, 2.05) is 24.4 Å². The molecule has 116 valence electrons. The van der Waals surface area contributed by atoms with Crippen molar-refractivity contribution in [3.05, 3.63) is 38.2 Å². The zero-order chi connectivity index (χ0) is 15.5. The van der Waals surface area contributed by atoms with Gasteiger partial charge >= 0.3 is 0 Å². The summed E-state index contributed by atoms with van der Waals surface area (Å²) in [5, 5.41) is 13.0. The third-order valence-electron chi connectivity index (χ3n) is 3.16. The van der Waals surface area contributed by atoms with E-state index in [9.17, 15) is 13.5 Å². The lowest BCUT2D eigenvalue weighted by Crippen LogP contribution is -2.29. The van der Waals surface area contributed by atoms with Crippen LogP contribution in [0.3, 0.4) is 0 Å². The number of aliphatic hydroxyl groups excluding tert-OH is 1. The van der Waals surface area contributed by atoms with E-state index in [0.717, 1.165) is 17.7 Å². The fourth-order valence-corrected chi connectivity index (χ4v) is 6.04. The quantitative estimate of drug-likeness (QED) is 0.808. The van der Waals surface area contributed by atoms with Crippen molar-refractivity contribution in [1.82, 2.24) is 4.72 Å². The molecule has 0 aromatic carbocycles. The molecule has 0 aliphatic carbocycles. The molecule has 0 spiro atoms. The minimum absolute atomic E-state index is 0.217. The summed E-state index contributed by atoms with van der Waals surface area (Å²) >= 11 is 2.82. The maximum atomic E-state index is 12.7.